The molecular formula is C26H47F3N6O5. The number of nitrogens with one attached hydrogen (secondary N) is 3. The Kier molecular flexibility index (Phi) is 17.1. The van der Waals surface area contributed by atoms with E-state index in [-0.39, 0.29) is 41.4 Å². The van der Waals surface area contributed by atoms with Gasteiger partial charge in [-0.2, -0.15) is 13.2 Å². The van der Waals surface area contributed by atoms with Gasteiger partial charge in [-0.3, -0.25) is 19.4 Å². The molecule has 14 heteroatoms. The van der Waals surface area contributed by atoms with Gasteiger partial charge in [0.1, 0.15) is 0 Å². The first-order valence-corrected chi connectivity index (χ1v) is 13.7. The first-order valence-electron chi connectivity index (χ1n) is 13.7. The van der Waals surface area contributed by atoms with Crippen molar-refractivity contribution in [2.24, 2.45) is 28.3 Å². The van der Waals surface area contributed by atoms with Crippen molar-refractivity contribution in [1.82, 2.24) is 16.0 Å². The number of Topliss-reactive ketones (excluding diaryl/α,β-unsaturated/α-hetero) is 1. The second-order valence-corrected chi connectivity index (χ2v) is 10.5. The number of carbonyl (C=O) groups excluding carboxylic acids is 3. The number of alkyl halides is 3. The number of aliphatic carboxylic acids is 1. The van der Waals surface area contributed by atoms with E-state index in [4.69, 9.17) is 21.4 Å². The predicted molar refractivity (Wildman–Crippen MR) is 146 cm³/mol. The second-order valence-electron chi connectivity index (χ2n) is 10.5. The van der Waals surface area contributed by atoms with Crippen molar-refractivity contribution in [2.75, 3.05) is 19.6 Å². The molecule has 1 fully saturated rings. The molecule has 1 aliphatic rings. The van der Waals surface area contributed by atoms with Gasteiger partial charge in [-0.05, 0) is 51.5 Å². The van der Waals surface area contributed by atoms with Crippen molar-refractivity contribution < 1.29 is 37.5 Å². The normalized spacial score (nSPS) is 23.5. The lowest BCUT2D eigenvalue weighted by Crippen LogP contribution is -2.54. The summed E-state index contributed by atoms with van der Waals surface area (Å²) in [5.74, 6) is -2.94. The monoisotopic (exact) mass is 580 g/mol. The predicted octanol–water partition coefficient (Wildman–Crippen LogP) is 2.23. The van der Waals surface area contributed by atoms with Crippen LogP contribution < -0.4 is 27.4 Å². The van der Waals surface area contributed by atoms with Gasteiger partial charge in [0.2, 0.25) is 11.8 Å². The molecule has 1 aliphatic heterocycles. The Bertz CT molecular complexity index is 849. The SMILES string of the molecule is CC[C@@H]1NC[C@H](CCCN=C(N)N)CC(=O)[C@@](C)(NC(=O)C(C)C)CCCCCCNC1=O.O=C(O)C(F)(F)F. The van der Waals surface area contributed by atoms with Crippen LogP contribution in [-0.4, -0.2) is 72.0 Å². The van der Waals surface area contributed by atoms with E-state index in [0.717, 1.165) is 38.5 Å². The highest BCUT2D eigenvalue weighted by Crippen LogP contribution is 2.23. The molecule has 1 rings (SSSR count). The van der Waals surface area contributed by atoms with E-state index in [2.05, 4.69) is 20.9 Å². The van der Waals surface area contributed by atoms with Crippen LogP contribution in [-0.2, 0) is 19.2 Å². The van der Waals surface area contributed by atoms with Gasteiger partial charge in [0.25, 0.3) is 0 Å². The van der Waals surface area contributed by atoms with Crippen LogP contribution in [0.2, 0.25) is 0 Å². The van der Waals surface area contributed by atoms with Gasteiger partial charge < -0.3 is 32.5 Å². The van der Waals surface area contributed by atoms with Crippen LogP contribution in [0.5, 0.6) is 0 Å². The fourth-order valence-corrected chi connectivity index (χ4v) is 4.06. The highest BCUT2D eigenvalue weighted by molar-refractivity contribution is 5.93. The number of carbonyl (C=O) groups is 4. The number of nitrogens with two attached hydrogens (primary N) is 2. The van der Waals surface area contributed by atoms with Gasteiger partial charge in [-0.25, -0.2) is 4.79 Å². The number of nitrogens with zero attached hydrogens (tertiary/aromatic N) is 1. The molecule has 0 aliphatic carbocycles. The zero-order valence-corrected chi connectivity index (χ0v) is 24.0. The topological polar surface area (TPSA) is 189 Å². The van der Waals surface area contributed by atoms with Crippen LogP contribution in [0.15, 0.2) is 4.99 Å². The maximum atomic E-state index is 13.5. The summed E-state index contributed by atoms with van der Waals surface area (Å²) in [7, 11) is 0. The molecule has 232 valence electrons. The maximum absolute atomic E-state index is 13.5. The van der Waals surface area contributed by atoms with Gasteiger partial charge in [-0.1, -0.05) is 40.0 Å². The summed E-state index contributed by atoms with van der Waals surface area (Å²) >= 11 is 0. The Morgan fingerprint density at radius 2 is 1.77 bits per heavy atom. The molecule has 0 aromatic rings. The number of guanidine groups is 1. The van der Waals surface area contributed by atoms with E-state index in [0.29, 0.717) is 38.9 Å². The summed E-state index contributed by atoms with van der Waals surface area (Å²) in [6, 6.07) is -0.294. The van der Waals surface area contributed by atoms with Gasteiger partial charge in [0, 0.05) is 25.4 Å². The Balaban J connectivity index is 0.00000191. The smallest absolute Gasteiger partial charge is 0.475 e. The Labute approximate surface area is 234 Å². The highest BCUT2D eigenvalue weighted by atomic mass is 19.4. The zero-order valence-electron chi connectivity index (χ0n) is 24.0. The third-order valence-electron chi connectivity index (χ3n) is 6.60. The number of carboxylic acid groups (broad SMARTS) is 1. The van der Waals surface area contributed by atoms with E-state index >= 15 is 0 Å². The molecule has 0 saturated carbocycles. The lowest BCUT2D eigenvalue weighted by Gasteiger charge is -2.32. The third kappa shape index (κ3) is 15.6. The van der Waals surface area contributed by atoms with Crippen LogP contribution in [0.1, 0.15) is 85.5 Å². The van der Waals surface area contributed by atoms with E-state index in [9.17, 15) is 27.6 Å². The Hall–Kier alpha value is -2.90. The second kappa shape index (κ2) is 18.4. The summed E-state index contributed by atoms with van der Waals surface area (Å²) < 4.78 is 31.7. The minimum atomic E-state index is -5.08. The fraction of sp³-hybridized carbons (Fsp3) is 0.808. The lowest BCUT2D eigenvalue weighted by molar-refractivity contribution is -0.192. The number of aliphatic imine (C=N–C) groups is 1. The number of hydrogen-bond donors (Lipinski definition) is 6. The Morgan fingerprint density at radius 3 is 2.30 bits per heavy atom. The molecule has 2 amide bonds. The molecule has 0 spiro atoms. The van der Waals surface area contributed by atoms with Crippen molar-refractivity contribution >= 4 is 29.5 Å². The number of ketones is 1. The van der Waals surface area contributed by atoms with Crippen molar-refractivity contribution in [2.45, 2.75) is 103 Å². The first kappa shape index (κ1) is 37.1. The van der Waals surface area contributed by atoms with Gasteiger partial charge in [-0.15, -0.1) is 0 Å². The lowest BCUT2D eigenvalue weighted by atomic mass is 9.83. The molecule has 0 aromatic heterocycles. The molecule has 0 bridgehead atoms. The van der Waals surface area contributed by atoms with Crippen LogP contribution >= 0.6 is 0 Å². The number of amides is 2. The fourth-order valence-electron chi connectivity index (χ4n) is 4.06. The summed E-state index contributed by atoms with van der Waals surface area (Å²) in [6.07, 6.45) is 1.66. The standard InChI is InChI=1S/C24H46N6O3.C2HF3O2/c1-5-19-22(33)27-13-9-7-6-8-12-24(4,30-21(32)17(2)3)20(31)15-18(16-29-19)11-10-14-28-23(25)26;3-2(4,5)1(6)7/h17-19,29H,5-16H2,1-4H3,(H,27,33)(H,30,32)(H4,25,26,28);(H,6,7)/t18-,19+,24+;/m1./s1. The quantitative estimate of drug-likeness (QED) is 0.150. The van der Waals surface area contributed by atoms with Gasteiger partial charge in [0.05, 0.1) is 11.6 Å². The molecule has 11 nitrogen and oxygen atoms in total. The largest absolute Gasteiger partial charge is 0.490 e. The minimum Gasteiger partial charge on any atom is -0.475 e. The molecule has 3 atom stereocenters. The number of rotatable bonds is 7. The van der Waals surface area contributed by atoms with Crippen molar-refractivity contribution in [1.29, 1.82) is 0 Å². The van der Waals surface area contributed by atoms with E-state index in [1.807, 2.05) is 27.7 Å². The third-order valence-corrected chi connectivity index (χ3v) is 6.60. The van der Waals surface area contributed by atoms with Gasteiger partial charge in [0.15, 0.2) is 11.7 Å². The number of carboxylic acids is 1. The molecular weight excluding hydrogens is 533 g/mol. The molecule has 8 N–H and O–H groups in total. The summed E-state index contributed by atoms with van der Waals surface area (Å²) in [5, 5.41) is 16.5. The van der Waals surface area contributed by atoms with Crippen molar-refractivity contribution in [3.8, 4) is 0 Å². The minimum absolute atomic E-state index is 0.00647. The molecule has 0 aromatic carbocycles. The van der Waals surface area contributed by atoms with Crippen molar-refractivity contribution in [3.63, 3.8) is 0 Å². The average Bonchev–Trinajstić information content (AvgIpc) is 2.85. The summed E-state index contributed by atoms with van der Waals surface area (Å²) in [6.45, 7) is 9.18. The first-order chi connectivity index (χ1) is 18.5. The average molecular weight is 581 g/mol. The molecule has 40 heavy (non-hydrogen) atoms. The summed E-state index contributed by atoms with van der Waals surface area (Å²) in [5.41, 5.74) is 9.96. The molecule has 0 unspecified atom stereocenters. The maximum Gasteiger partial charge on any atom is 0.490 e. The number of halogens is 3. The molecule has 1 heterocycles. The van der Waals surface area contributed by atoms with Crippen molar-refractivity contribution in [3.05, 3.63) is 0 Å². The Morgan fingerprint density at radius 1 is 1.18 bits per heavy atom. The van der Waals surface area contributed by atoms with Gasteiger partial charge >= 0.3 is 12.1 Å². The highest BCUT2D eigenvalue weighted by Gasteiger charge is 2.38. The van der Waals surface area contributed by atoms with Crippen LogP contribution in [0.3, 0.4) is 0 Å². The van der Waals surface area contributed by atoms with E-state index < -0.39 is 17.7 Å². The molecule has 0 radical (unpaired) electrons. The van der Waals surface area contributed by atoms with Crippen LogP contribution in [0, 0.1) is 11.8 Å². The number of hydrogen-bond acceptors (Lipinski definition) is 6. The van der Waals surface area contributed by atoms with Crippen LogP contribution in [0.4, 0.5) is 13.2 Å². The molecule has 1 saturated heterocycles. The zero-order chi connectivity index (χ0) is 30.9. The van der Waals surface area contributed by atoms with E-state index in [1.165, 1.54) is 0 Å². The van der Waals surface area contributed by atoms with Crippen LogP contribution in [0.25, 0.3) is 0 Å². The summed E-state index contributed by atoms with van der Waals surface area (Å²) in [4.78, 5) is 51.5. The van der Waals surface area contributed by atoms with E-state index in [1.54, 1.807) is 0 Å².